The molecule has 0 amide bonds. The highest BCUT2D eigenvalue weighted by Gasteiger charge is 2.19. The van der Waals surface area contributed by atoms with E-state index >= 15 is 0 Å². The number of hydrogen-bond donors (Lipinski definition) is 0. The van der Waals surface area contributed by atoms with Gasteiger partial charge in [-0.1, -0.05) is 78.9 Å². The Bertz CT molecular complexity index is 3580. The molecule has 262 valence electrons. The van der Waals surface area contributed by atoms with Crippen LogP contribution in [0.5, 0.6) is 0 Å². The van der Waals surface area contributed by atoms with Crippen molar-refractivity contribution in [2.24, 2.45) is 0 Å². The van der Waals surface area contributed by atoms with Crippen molar-refractivity contribution in [1.82, 2.24) is 13.7 Å². The SMILES string of the molecule is [C-]#[N+]c1cc(-c2cc(C#N)cc(-n3c4ccccc4c4cc(-n5c6ccccc6c6ccccc65)ccc43)c2)cc(-n2c3ccccc3c3cc([N+]#[C-])ccc32)c1. The molecule has 57 heavy (non-hydrogen) atoms. The van der Waals surface area contributed by atoms with Crippen LogP contribution >= 0.6 is 0 Å². The molecule has 0 saturated heterocycles. The van der Waals surface area contributed by atoms with Gasteiger partial charge >= 0.3 is 0 Å². The average Bonchev–Trinajstić information content (AvgIpc) is 3.91. The molecule has 0 aliphatic heterocycles. The van der Waals surface area contributed by atoms with Crippen LogP contribution in [0, 0.1) is 24.5 Å². The fourth-order valence-electron chi connectivity index (χ4n) is 8.81. The van der Waals surface area contributed by atoms with Crippen molar-refractivity contribution in [1.29, 1.82) is 5.26 Å². The molecule has 0 saturated carbocycles. The number of nitriles is 1. The lowest BCUT2D eigenvalue weighted by Gasteiger charge is -2.14. The van der Waals surface area contributed by atoms with Crippen molar-refractivity contribution in [3.05, 3.63) is 198 Å². The Morgan fingerprint density at radius 3 is 1.35 bits per heavy atom. The van der Waals surface area contributed by atoms with Crippen LogP contribution in [0.4, 0.5) is 11.4 Å². The van der Waals surface area contributed by atoms with E-state index in [1.54, 1.807) is 0 Å². The van der Waals surface area contributed by atoms with E-state index in [1.165, 1.54) is 10.8 Å². The largest absolute Gasteiger partial charge is 0.311 e. The molecule has 6 nitrogen and oxygen atoms in total. The van der Waals surface area contributed by atoms with E-state index in [4.69, 9.17) is 13.1 Å². The maximum Gasteiger partial charge on any atom is 0.189 e. The Kier molecular flexibility index (Phi) is 6.95. The summed E-state index contributed by atoms with van der Waals surface area (Å²) in [5, 5.41) is 17.1. The second kappa shape index (κ2) is 12.3. The number of fused-ring (bicyclic) bond motifs is 9. The molecule has 0 unspecified atom stereocenters. The molecule has 11 rings (SSSR count). The van der Waals surface area contributed by atoms with E-state index in [0.717, 1.165) is 82.8 Å². The zero-order valence-corrected chi connectivity index (χ0v) is 30.3. The van der Waals surface area contributed by atoms with Crippen molar-refractivity contribution in [3.8, 4) is 34.3 Å². The van der Waals surface area contributed by atoms with Crippen molar-refractivity contribution in [3.63, 3.8) is 0 Å². The maximum atomic E-state index is 10.4. The lowest BCUT2D eigenvalue weighted by molar-refractivity contribution is 1.16. The van der Waals surface area contributed by atoms with E-state index in [-0.39, 0.29) is 0 Å². The van der Waals surface area contributed by atoms with Gasteiger partial charge in [0.2, 0.25) is 0 Å². The summed E-state index contributed by atoms with van der Waals surface area (Å²) in [7, 11) is 0. The minimum Gasteiger partial charge on any atom is -0.311 e. The maximum absolute atomic E-state index is 10.4. The second-order valence-electron chi connectivity index (χ2n) is 14.3. The molecule has 0 radical (unpaired) electrons. The highest BCUT2D eigenvalue weighted by molar-refractivity contribution is 6.13. The first-order valence-electron chi connectivity index (χ1n) is 18.6. The molecule has 0 bridgehead atoms. The lowest BCUT2D eigenvalue weighted by atomic mass is 10.0. The third-order valence-corrected chi connectivity index (χ3v) is 11.2. The Morgan fingerprint density at radius 2 is 0.807 bits per heavy atom. The zero-order valence-electron chi connectivity index (χ0n) is 30.3. The van der Waals surface area contributed by atoms with E-state index in [0.29, 0.717) is 16.9 Å². The van der Waals surface area contributed by atoms with Gasteiger partial charge in [0, 0.05) is 44.0 Å². The van der Waals surface area contributed by atoms with Gasteiger partial charge in [0.1, 0.15) is 0 Å². The molecule has 3 heterocycles. The first-order valence-corrected chi connectivity index (χ1v) is 18.6. The Balaban J connectivity index is 1.12. The number of benzene rings is 8. The standard InChI is InChI=1S/C51H28N6/c1-53-35-19-21-50-44(29-35)42-13-5-9-17-48(42)57(50)39-27-34(25-36(28-39)54-2)33-23-32(31-52)24-38(26-33)56-49-18-10-6-14-43(49)45-30-37(20-22-51(45)56)55-46-15-7-3-11-40(46)41-12-4-8-16-47(41)55/h3-30H. The highest BCUT2D eigenvalue weighted by Crippen LogP contribution is 2.40. The summed E-state index contributed by atoms with van der Waals surface area (Å²) < 4.78 is 6.74. The average molecular weight is 725 g/mol. The summed E-state index contributed by atoms with van der Waals surface area (Å²) in [5.41, 5.74) is 12.3. The fourth-order valence-corrected chi connectivity index (χ4v) is 8.81. The van der Waals surface area contributed by atoms with E-state index in [2.05, 4.69) is 145 Å². The summed E-state index contributed by atoms with van der Waals surface area (Å²) in [6, 6.07) is 60.4. The number of aromatic nitrogens is 3. The van der Waals surface area contributed by atoms with Crippen LogP contribution < -0.4 is 0 Å². The first kappa shape index (κ1) is 32.1. The molecule has 0 aliphatic carbocycles. The Hall–Kier alpha value is -8.37. The van der Waals surface area contributed by atoms with Crippen molar-refractivity contribution in [2.45, 2.75) is 0 Å². The summed E-state index contributed by atoms with van der Waals surface area (Å²) in [4.78, 5) is 7.59. The molecule has 3 aromatic heterocycles. The normalized spacial score (nSPS) is 11.5. The van der Waals surface area contributed by atoms with Crippen molar-refractivity contribution >= 4 is 76.8 Å². The molecule has 0 fully saturated rings. The van der Waals surface area contributed by atoms with E-state index in [9.17, 15) is 5.26 Å². The van der Waals surface area contributed by atoms with Crippen molar-refractivity contribution in [2.75, 3.05) is 0 Å². The van der Waals surface area contributed by atoms with Crippen LogP contribution in [0.15, 0.2) is 170 Å². The van der Waals surface area contributed by atoms with Crippen LogP contribution in [-0.2, 0) is 0 Å². The number of rotatable bonds is 4. The first-order chi connectivity index (χ1) is 28.1. The molecular formula is C51H28N6. The van der Waals surface area contributed by atoms with Gasteiger partial charge in [0.05, 0.1) is 57.9 Å². The summed E-state index contributed by atoms with van der Waals surface area (Å²) in [6.07, 6.45) is 0. The van der Waals surface area contributed by atoms with Gasteiger partial charge < -0.3 is 13.7 Å². The number of hydrogen-bond acceptors (Lipinski definition) is 1. The van der Waals surface area contributed by atoms with Gasteiger partial charge in [-0.2, -0.15) is 5.26 Å². The Labute approximate surface area is 327 Å². The minimum atomic E-state index is 0.490. The predicted octanol–water partition coefficient (Wildman–Crippen LogP) is 13.6. The van der Waals surface area contributed by atoms with Gasteiger partial charge in [0.25, 0.3) is 0 Å². The quantitative estimate of drug-likeness (QED) is 0.167. The highest BCUT2D eigenvalue weighted by atomic mass is 15.0. The van der Waals surface area contributed by atoms with Gasteiger partial charge in [-0.05, 0) is 108 Å². The molecule has 0 aliphatic rings. The summed E-state index contributed by atoms with van der Waals surface area (Å²) in [5.74, 6) is 0. The molecular weight excluding hydrogens is 697 g/mol. The molecule has 0 atom stereocenters. The zero-order chi connectivity index (χ0) is 38.2. The van der Waals surface area contributed by atoms with E-state index < -0.39 is 0 Å². The third-order valence-electron chi connectivity index (χ3n) is 11.2. The van der Waals surface area contributed by atoms with Gasteiger partial charge in [-0.3, -0.25) is 0 Å². The molecule has 6 heteroatoms. The smallest absolute Gasteiger partial charge is 0.189 e. The third kappa shape index (κ3) is 4.81. The van der Waals surface area contributed by atoms with Crippen LogP contribution in [0.25, 0.3) is 103 Å². The summed E-state index contributed by atoms with van der Waals surface area (Å²) >= 11 is 0. The molecule has 11 aromatic rings. The van der Waals surface area contributed by atoms with Gasteiger partial charge in [0.15, 0.2) is 11.4 Å². The topological polar surface area (TPSA) is 47.3 Å². The van der Waals surface area contributed by atoms with Crippen LogP contribution in [0.1, 0.15) is 5.56 Å². The summed E-state index contributed by atoms with van der Waals surface area (Å²) in [6.45, 7) is 15.7. The van der Waals surface area contributed by atoms with Gasteiger partial charge in [-0.25, -0.2) is 9.69 Å². The molecule has 8 aromatic carbocycles. The van der Waals surface area contributed by atoms with Crippen LogP contribution in [0.2, 0.25) is 0 Å². The van der Waals surface area contributed by atoms with Crippen LogP contribution in [-0.4, -0.2) is 13.7 Å². The van der Waals surface area contributed by atoms with Gasteiger partial charge in [-0.15, -0.1) is 0 Å². The minimum absolute atomic E-state index is 0.490. The van der Waals surface area contributed by atoms with Crippen LogP contribution in [0.3, 0.4) is 0 Å². The van der Waals surface area contributed by atoms with Crippen molar-refractivity contribution < 1.29 is 0 Å². The molecule has 0 spiro atoms. The predicted molar refractivity (Wildman–Crippen MR) is 232 cm³/mol. The van der Waals surface area contributed by atoms with E-state index in [1.807, 2.05) is 54.6 Å². The lowest BCUT2D eigenvalue weighted by Crippen LogP contribution is -1.98. The number of nitrogens with zero attached hydrogens (tertiary/aromatic N) is 6. The second-order valence-corrected chi connectivity index (χ2v) is 14.3. The fraction of sp³-hybridized carbons (Fsp3) is 0. The molecule has 0 N–H and O–H groups in total. The number of para-hydroxylation sites is 4. The Morgan fingerprint density at radius 1 is 0.368 bits per heavy atom. The monoisotopic (exact) mass is 724 g/mol.